The lowest BCUT2D eigenvalue weighted by Crippen LogP contribution is -2.23. The predicted octanol–water partition coefficient (Wildman–Crippen LogP) is 5.15. The van der Waals surface area contributed by atoms with Gasteiger partial charge in [0, 0.05) is 5.41 Å². The van der Waals surface area contributed by atoms with Crippen LogP contribution >= 0.6 is 0 Å². The molecule has 104 valence electrons. The summed E-state index contributed by atoms with van der Waals surface area (Å²) >= 11 is 0. The molecule has 0 fully saturated rings. The molecule has 0 atom stereocenters. The Morgan fingerprint density at radius 3 is 1.67 bits per heavy atom. The molecule has 0 heterocycles. The number of aryl methyl sites for hydroxylation is 2. The van der Waals surface area contributed by atoms with E-state index in [1.54, 1.807) is 0 Å². The number of hydrogen-bond donors (Lipinski definition) is 0. The van der Waals surface area contributed by atoms with Crippen LogP contribution in [-0.2, 0) is 18.3 Å². The fourth-order valence-electron chi connectivity index (χ4n) is 4.61. The van der Waals surface area contributed by atoms with Crippen LogP contribution in [0.1, 0.15) is 46.2 Å². The summed E-state index contributed by atoms with van der Waals surface area (Å²) in [6, 6.07) is 13.4. The zero-order valence-corrected chi connectivity index (χ0v) is 12.4. The first-order chi connectivity index (χ1) is 10.3. The predicted molar refractivity (Wildman–Crippen MR) is 90.5 cm³/mol. The SMILES string of the molecule is C=Cc1cccc2c1C1(CC2)CCc2cccc(C=C)c21. The van der Waals surface area contributed by atoms with Gasteiger partial charge in [0.25, 0.3) is 0 Å². The van der Waals surface area contributed by atoms with Crippen molar-refractivity contribution in [1.82, 2.24) is 0 Å². The summed E-state index contributed by atoms with van der Waals surface area (Å²) in [5.41, 5.74) is 8.92. The summed E-state index contributed by atoms with van der Waals surface area (Å²) in [6.07, 6.45) is 8.88. The van der Waals surface area contributed by atoms with E-state index in [-0.39, 0.29) is 5.41 Å². The van der Waals surface area contributed by atoms with Gasteiger partial charge in [-0.1, -0.05) is 61.7 Å². The molecule has 0 amide bonds. The molecule has 0 saturated heterocycles. The molecule has 2 aromatic rings. The summed E-state index contributed by atoms with van der Waals surface area (Å²) in [7, 11) is 0. The van der Waals surface area contributed by atoms with E-state index in [1.807, 2.05) is 12.2 Å². The van der Waals surface area contributed by atoms with Crippen molar-refractivity contribution >= 4 is 12.2 Å². The van der Waals surface area contributed by atoms with Crippen LogP contribution < -0.4 is 0 Å². The first kappa shape index (κ1) is 12.6. The first-order valence-corrected chi connectivity index (χ1v) is 7.80. The maximum atomic E-state index is 4.04. The van der Waals surface area contributed by atoms with Gasteiger partial charge in [-0.15, -0.1) is 0 Å². The fraction of sp³-hybridized carbons (Fsp3) is 0.238. The summed E-state index contributed by atoms with van der Waals surface area (Å²) in [5.74, 6) is 0. The van der Waals surface area contributed by atoms with Gasteiger partial charge < -0.3 is 0 Å². The first-order valence-electron chi connectivity index (χ1n) is 7.80. The van der Waals surface area contributed by atoms with Gasteiger partial charge in [0.05, 0.1) is 0 Å². The molecule has 2 aliphatic rings. The molecule has 2 aromatic carbocycles. The van der Waals surface area contributed by atoms with Gasteiger partial charge in [-0.2, -0.15) is 0 Å². The van der Waals surface area contributed by atoms with Crippen LogP contribution in [0.4, 0.5) is 0 Å². The summed E-state index contributed by atoms with van der Waals surface area (Å²) < 4.78 is 0. The lowest BCUT2D eigenvalue weighted by atomic mass is 9.73. The molecule has 0 heteroatoms. The molecule has 0 unspecified atom stereocenters. The number of fused-ring (bicyclic) bond motifs is 4. The van der Waals surface area contributed by atoms with Crippen LogP contribution in [0.15, 0.2) is 49.6 Å². The molecule has 0 nitrogen and oxygen atoms in total. The standard InChI is InChI=1S/C21H20/c1-3-15-7-5-9-17-11-13-21(19(15)17)14-12-18-10-6-8-16(4-2)20(18)21/h3-10H,1-2,11-14H2. The molecular weight excluding hydrogens is 252 g/mol. The van der Waals surface area contributed by atoms with E-state index in [0.717, 1.165) is 0 Å². The van der Waals surface area contributed by atoms with Gasteiger partial charge >= 0.3 is 0 Å². The van der Waals surface area contributed by atoms with E-state index in [4.69, 9.17) is 0 Å². The van der Waals surface area contributed by atoms with Gasteiger partial charge in [-0.25, -0.2) is 0 Å². The highest BCUT2D eigenvalue weighted by Gasteiger charge is 2.46. The van der Waals surface area contributed by atoms with Crippen molar-refractivity contribution in [2.24, 2.45) is 0 Å². The van der Waals surface area contributed by atoms with Crippen molar-refractivity contribution in [2.45, 2.75) is 31.1 Å². The molecule has 0 radical (unpaired) electrons. The monoisotopic (exact) mass is 272 g/mol. The molecule has 0 N–H and O–H groups in total. The average molecular weight is 272 g/mol. The highest BCUT2D eigenvalue weighted by molar-refractivity contribution is 5.68. The fourth-order valence-corrected chi connectivity index (χ4v) is 4.61. The Kier molecular flexibility index (Phi) is 2.68. The van der Waals surface area contributed by atoms with E-state index < -0.39 is 0 Å². The Balaban J connectivity index is 2.04. The van der Waals surface area contributed by atoms with E-state index in [9.17, 15) is 0 Å². The molecule has 2 aliphatic carbocycles. The van der Waals surface area contributed by atoms with Crippen molar-refractivity contribution in [3.8, 4) is 0 Å². The van der Waals surface area contributed by atoms with Gasteiger partial charge in [-0.3, -0.25) is 0 Å². The third kappa shape index (κ3) is 1.56. The minimum atomic E-state index is 0.195. The molecule has 0 aromatic heterocycles. The quantitative estimate of drug-likeness (QED) is 0.709. The van der Waals surface area contributed by atoms with Gasteiger partial charge in [0.15, 0.2) is 0 Å². The Morgan fingerprint density at radius 2 is 1.24 bits per heavy atom. The van der Waals surface area contributed by atoms with Gasteiger partial charge in [-0.05, 0) is 59.1 Å². The zero-order valence-electron chi connectivity index (χ0n) is 12.4. The summed E-state index contributed by atoms with van der Waals surface area (Å²) in [4.78, 5) is 0. The molecular formula is C21H20. The van der Waals surface area contributed by atoms with Crippen LogP contribution in [0.5, 0.6) is 0 Å². The highest BCUT2D eigenvalue weighted by atomic mass is 14.5. The average Bonchev–Trinajstić information content (AvgIpc) is 3.10. The lowest BCUT2D eigenvalue weighted by Gasteiger charge is -2.29. The highest BCUT2D eigenvalue weighted by Crippen LogP contribution is 2.54. The van der Waals surface area contributed by atoms with Gasteiger partial charge in [0.2, 0.25) is 0 Å². The van der Waals surface area contributed by atoms with Crippen LogP contribution in [0.2, 0.25) is 0 Å². The van der Waals surface area contributed by atoms with E-state index in [1.165, 1.54) is 59.1 Å². The second kappa shape index (κ2) is 4.46. The lowest BCUT2D eigenvalue weighted by molar-refractivity contribution is 0.506. The van der Waals surface area contributed by atoms with Crippen LogP contribution in [0.3, 0.4) is 0 Å². The maximum absolute atomic E-state index is 4.04. The molecule has 0 bridgehead atoms. The second-order valence-corrected chi connectivity index (χ2v) is 6.25. The molecule has 0 saturated carbocycles. The Morgan fingerprint density at radius 1 is 0.762 bits per heavy atom. The third-order valence-electron chi connectivity index (χ3n) is 5.41. The zero-order chi connectivity index (χ0) is 14.4. The Bertz CT molecular complexity index is 683. The van der Waals surface area contributed by atoms with E-state index in [2.05, 4.69) is 49.6 Å². The largest absolute Gasteiger partial charge is 0.0985 e. The molecule has 0 aliphatic heterocycles. The number of hydrogen-bond acceptors (Lipinski definition) is 0. The van der Waals surface area contributed by atoms with Crippen LogP contribution in [0.25, 0.3) is 12.2 Å². The number of rotatable bonds is 2. The smallest absolute Gasteiger partial charge is 0.0226 e. The van der Waals surface area contributed by atoms with Crippen molar-refractivity contribution in [3.63, 3.8) is 0 Å². The third-order valence-corrected chi connectivity index (χ3v) is 5.41. The normalized spacial score (nSPS) is 17.5. The van der Waals surface area contributed by atoms with Crippen molar-refractivity contribution in [2.75, 3.05) is 0 Å². The van der Waals surface area contributed by atoms with Crippen LogP contribution in [0, 0.1) is 0 Å². The Labute approximate surface area is 126 Å². The summed E-state index contributed by atoms with van der Waals surface area (Å²) in [6.45, 7) is 8.08. The topological polar surface area (TPSA) is 0 Å². The second-order valence-electron chi connectivity index (χ2n) is 6.25. The molecule has 4 rings (SSSR count). The Hall–Kier alpha value is -2.08. The minimum Gasteiger partial charge on any atom is -0.0985 e. The minimum absolute atomic E-state index is 0.195. The van der Waals surface area contributed by atoms with Crippen LogP contribution in [-0.4, -0.2) is 0 Å². The molecule has 21 heavy (non-hydrogen) atoms. The van der Waals surface area contributed by atoms with Crippen molar-refractivity contribution in [1.29, 1.82) is 0 Å². The summed E-state index contributed by atoms with van der Waals surface area (Å²) in [5, 5.41) is 0. The van der Waals surface area contributed by atoms with E-state index in [0.29, 0.717) is 0 Å². The van der Waals surface area contributed by atoms with Crippen molar-refractivity contribution in [3.05, 3.63) is 82.9 Å². The number of benzene rings is 2. The maximum Gasteiger partial charge on any atom is 0.0226 e. The van der Waals surface area contributed by atoms with Crippen molar-refractivity contribution < 1.29 is 0 Å². The van der Waals surface area contributed by atoms with Gasteiger partial charge in [0.1, 0.15) is 0 Å². The molecule has 1 spiro atoms. The van der Waals surface area contributed by atoms with E-state index >= 15 is 0 Å².